The van der Waals surface area contributed by atoms with Crippen molar-refractivity contribution in [3.63, 3.8) is 0 Å². The standard InChI is InChI=1S/C21H21N3O3S3/c25-21(16-6-8-18(9-7-16)29-19-4-1-2-12-22-19)24-13-10-17(11-14-24)23-30(26,27)20-5-3-15-28-20/h1-9,12,15,17,23H,10-11,13-14H2. The lowest BCUT2D eigenvalue weighted by Gasteiger charge is -2.32. The molecule has 9 heteroatoms. The zero-order chi connectivity index (χ0) is 21.0. The van der Waals surface area contributed by atoms with Gasteiger partial charge in [-0.05, 0) is 60.7 Å². The van der Waals surface area contributed by atoms with Gasteiger partial charge >= 0.3 is 0 Å². The number of piperidine rings is 1. The molecule has 0 aliphatic carbocycles. The number of thiophene rings is 1. The van der Waals surface area contributed by atoms with E-state index in [1.165, 1.54) is 11.3 Å². The van der Waals surface area contributed by atoms with Crippen molar-refractivity contribution in [3.05, 3.63) is 71.7 Å². The van der Waals surface area contributed by atoms with Gasteiger partial charge in [0, 0.05) is 35.8 Å². The molecule has 0 atom stereocenters. The lowest BCUT2D eigenvalue weighted by atomic mass is 10.0. The topological polar surface area (TPSA) is 79.4 Å². The van der Waals surface area contributed by atoms with Crippen molar-refractivity contribution in [3.8, 4) is 0 Å². The lowest BCUT2D eigenvalue weighted by molar-refractivity contribution is 0.0711. The van der Waals surface area contributed by atoms with Gasteiger partial charge < -0.3 is 4.90 Å². The average Bonchev–Trinajstić information content (AvgIpc) is 3.31. The fraction of sp³-hybridized carbons (Fsp3) is 0.238. The molecule has 156 valence electrons. The Morgan fingerprint density at radius 1 is 1.07 bits per heavy atom. The molecule has 0 unspecified atom stereocenters. The number of benzene rings is 1. The number of sulfonamides is 1. The molecule has 1 amide bonds. The molecule has 2 aromatic heterocycles. The number of carbonyl (C=O) groups is 1. The van der Waals surface area contributed by atoms with Gasteiger partial charge in [-0.15, -0.1) is 11.3 Å². The Labute approximate surface area is 184 Å². The molecule has 3 heterocycles. The Morgan fingerprint density at radius 3 is 2.47 bits per heavy atom. The van der Waals surface area contributed by atoms with E-state index in [9.17, 15) is 13.2 Å². The van der Waals surface area contributed by atoms with Crippen molar-refractivity contribution in [2.45, 2.75) is 33.0 Å². The van der Waals surface area contributed by atoms with E-state index in [-0.39, 0.29) is 11.9 Å². The summed E-state index contributed by atoms with van der Waals surface area (Å²) in [6, 6.07) is 16.4. The molecular formula is C21H21N3O3S3. The number of hydrogen-bond donors (Lipinski definition) is 1. The van der Waals surface area contributed by atoms with Crippen LogP contribution in [0.1, 0.15) is 23.2 Å². The van der Waals surface area contributed by atoms with Gasteiger partial charge in [-0.2, -0.15) is 0 Å². The molecule has 30 heavy (non-hydrogen) atoms. The smallest absolute Gasteiger partial charge is 0.253 e. The minimum atomic E-state index is -3.48. The van der Waals surface area contributed by atoms with E-state index in [0.29, 0.717) is 35.7 Å². The van der Waals surface area contributed by atoms with Crippen LogP contribution in [0.4, 0.5) is 0 Å². The molecule has 0 radical (unpaired) electrons. The Balaban J connectivity index is 1.32. The van der Waals surface area contributed by atoms with Crippen molar-refractivity contribution < 1.29 is 13.2 Å². The number of carbonyl (C=O) groups excluding carboxylic acids is 1. The molecule has 1 aromatic carbocycles. The van der Waals surface area contributed by atoms with Gasteiger partial charge in [-0.25, -0.2) is 18.1 Å². The first-order chi connectivity index (χ1) is 14.5. The van der Waals surface area contributed by atoms with Crippen molar-refractivity contribution in [1.82, 2.24) is 14.6 Å². The van der Waals surface area contributed by atoms with Crippen LogP contribution in [0.15, 0.2) is 80.3 Å². The van der Waals surface area contributed by atoms with Crippen molar-refractivity contribution >= 4 is 39.0 Å². The SMILES string of the molecule is O=C(c1ccc(Sc2ccccn2)cc1)N1CCC(NS(=O)(=O)c2cccs2)CC1. The highest BCUT2D eigenvalue weighted by Crippen LogP contribution is 2.26. The van der Waals surface area contributed by atoms with Crippen molar-refractivity contribution in [1.29, 1.82) is 0 Å². The van der Waals surface area contributed by atoms with Gasteiger partial charge in [0.05, 0.1) is 0 Å². The molecule has 6 nitrogen and oxygen atoms in total. The average molecular weight is 460 g/mol. The quantitative estimate of drug-likeness (QED) is 0.605. The summed E-state index contributed by atoms with van der Waals surface area (Å²) in [7, 11) is -3.48. The first-order valence-corrected chi connectivity index (χ1v) is 12.7. The number of aromatic nitrogens is 1. The minimum absolute atomic E-state index is 0.0241. The lowest BCUT2D eigenvalue weighted by Crippen LogP contribution is -2.46. The normalized spacial score (nSPS) is 15.3. The fourth-order valence-electron chi connectivity index (χ4n) is 3.27. The molecular weight excluding hydrogens is 438 g/mol. The van der Waals surface area contributed by atoms with E-state index in [1.807, 2.05) is 42.5 Å². The van der Waals surface area contributed by atoms with E-state index in [2.05, 4.69) is 9.71 Å². The molecule has 3 aromatic rings. The zero-order valence-corrected chi connectivity index (χ0v) is 18.6. The fourth-order valence-corrected chi connectivity index (χ4v) is 6.36. The summed E-state index contributed by atoms with van der Waals surface area (Å²) in [4.78, 5) is 19.9. The second-order valence-corrected chi connectivity index (χ2v) is 10.9. The molecule has 1 aliphatic heterocycles. The predicted molar refractivity (Wildman–Crippen MR) is 118 cm³/mol. The highest BCUT2D eigenvalue weighted by atomic mass is 32.2. The molecule has 1 saturated heterocycles. The first kappa shape index (κ1) is 21.0. The Morgan fingerprint density at radius 2 is 1.83 bits per heavy atom. The van der Waals surface area contributed by atoms with Crippen LogP contribution in [0.2, 0.25) is 0 Å². The number of nitrogens with zero attached hydrogens (tertiary/aromatic N) is 2. The summed E-state index contributed by atoms with van der Waals surface area (Å²) < 4.78 is 27.8. The predicted octanol–water partition coefficient (Wildman–Crippen LogP) is 3.88. The van der Waals surface area contributed by atoms with Gasteiger partial charge in [-0.1, -0.05) is 23.9 Å². The van der Waals surface area contributed by atoms with Crippen LogP contribution in [0.25, 0.3) is 0 Å². The maximum Gasteiger partial charge on any atom is 0.253 e. The second kappa shape index (κ2) is 9.30. The van der Waals surface area contributed by atoms with Crippen LogP contribution in [-0.4, -0.2) is 43.3 Å². The Bertz CT molecular complexity index is 1080. The number of pyridine rings is 1. The number of likely N-dealkylation sites (tertiary alicyclic amines) is 1. The highest BCUT2D eigenvalue weighted by molar-refractivity contribution is 7.99. The third kappa shape index (κ3) is 5.10. The van der Waals surface area contributed by atoms with Gasteiger partial charge in [0.25, 0.3) is 5.91 Å². The maximum atomic E-state index is 12.8. The van der Waals surface area contributed by atoms with Crippen LogP contribution in [0, 0.1) is 0 Å². The number of hydrogen-bond acceptors (Lipinski definition) is 6. The number of nitrogens with one attached hydrogen (secondary N) is 1. The van der Waals surface area contributed by atoms with Crippen molar-refractivity contribution in [2.75, 3.05) is 13.1 Å². The van der Waals surface area contributed by atoms with Gasteiger partial charge in [0.1, 0.15) is 9.24 Å². The van der Waals surface area contributed by atoms with Gasteiger partial charge in [0.2, 0.25) is 10.0 Å². The van der Waals surface area contributed by atoms with Crippen LogP contribution in [0.3, 0.4) is 0 Å². The van der Waals surface area contributed by atoms with E-state index in [1.54, 1.807) is 40.4 Å². The summed E-state index contributed by atoms with van der Waals surface area (Å²) in [5.74, 6) is -0.0241. The molecule has 0 bridgehead atoms. The number of amides is 1. The summed E-state index contributed by atoms with van der Waals surface area (Å²) in [6.45, 7) is 1.06. The van der Waals surface area contributed by atoms with Crippen molar-refractivity contribution in [2.24, 2.45) is 0 Å². The molecule has 4 rings (SSSR count). The molecule has 1 fully saturated rings. The van der Waals surface area contributed by atoms with Crippen LogP contribution in [0.5, 0.6) is 0 Å². The number of rotatable bonds is 6. The first-order valence-electron chi connectivity index (χ1n) is 9.55. The zero-order valence-electron chi connectivity index (χ0n) is 16.1. The molecule has 0 spiro atoms. The molecule has 1 aliphatic rings. The Kier molecular flexibility index (Phi) is 6.52. The molecule has 1 N–H and O–H groups in total. The summed E-state index contributed by atoms with van der Waals surface area (Å²) >= 11 is 2.75. The van der Waals surface area contributed by atoms with E-state index in [4.69, 9.17) is 0 Å². The Hall–Kier alpha value is -2.20. The summed E-state index contributed by atoms with van der Waals surface area (Å²) in [6.07, 6.45) is 2.96. The minimum Gasteiger partial charge on any atom is -0.339 e. The molecule has 0 saturated carbocycles. The van der Waals surface area contributed by atoms with E-state index >= 15 is 0 Å². The summed E-state index contributed by atoms with van der Waals surface area (Å²) in [5, 5.41) is 2.65. The largest absolute Gasteiger partial charge is 0.339 e. The third-order valence-electron chi connectivity index (χ3n) is 4.83. The van der Waals surface area contributed by atoms with E-state index in [0.717, 1.165) is 9.92 Å². The van der Waals surface area contributed by atoms with Gasteiger partial charge in [-0.3, -0.25) is 4.79 Å². The maximum absolute atomic E-state index is 12.8. The van der Waals surface area contributed by atoms with Crippen LogP contribution >= 0.6 is 23.1 Å². The van der Waals surface area contributed by atoms with Crippen LogP contribution in [-0.2, 0) is 10.0 Å². The van der Waals surface area contributed by atoms with Gasteiger partial charge in [0.15, 0.2) is 0 Å². The van der Waals surface area contributed by atoms with Crippen LogP contribution < -0.4 is 4.72 Å². The second-order valence-electron chi connectivity index (χ2n) is 6.91. The third-order valence-corrected chi connectivity index (χ3v) is 8.70. The highest BCUT2D eigenvalue weighted by Gasteiger charge is 2.27. The summed E-state index contributed by atoms with van der Waals surface area (Å²) in [5.41, 5.74) is 0.637. The van der Waals surface area contributed by atoms with E-state index < -0.39 is 10.0 Å². The monoisotopic (exact) mass is 459 g/mol.